The van der Waals surface area contributed by atoms with Crippen LogP contribution in [0.4, 0.5) is 0 Å². The molecule has 0 spiro atoms. The summed E-state index contributed by atoms with van der Waals surface area (Å²) in [5, 5.41) is 2.05. The minimum absolute atomic E-state index is 0.0133. The average Bonchev–Trinajstić information content (AvgIpc) is 2.34. The number of imide groups is 1. The van der Waals surface area contributed by atoms with E-state index in [0.29, 0.717) is 0 Å². The molecule has 19 heavy (non-hydrogen) atoms. The number of halogens is 1. The minimum Gasteiger partial charge on any atom is -0.294 e. The lowest BCUT2D eigenvalue weighted by Gasteiger charge is -2.30. The first-order chi connectivity index (χ1) is 8.84. The van der Waals surface area contributed by atoms with Crippen LogP contribution in [0.1, 0.15) is 6.92 Å². The molecule has 102 valence electrons. The lowest BCUT2D eigenvalue weighted by atomic mass is 10.2. The van der Waals surface area contributed by atoms with E-state index in [1.807, 2.05) is 0 Å². The Morgan fingerprint density at radius 2 is 2.16 bits per heavy atom. The number of rotatable bonds is 2. The second kappa shape index (κ2) is 4.87. The van der Waals surface area contributed by atoms with Crippen LogP contribution in [0, 0.1) is 0 Å². The highest BCUT2D eigenvalue weighted by Crippen LogP contribution is 2.25. The van der Waals surface area contributed by atoms with E-state index >= 15 is 0 Å². The van der Waals surface area contributed by atoms with Crippen LogP contribution < -0.4 is 5.32 Å². The molecule has 1 N–H and O–H groups in total. The van der Waals surface area contributed by atoms with E-state index in [-0.39, 0.29) is 9.92 Å². The van der Waals surface area contributed by atoms with Crippen molar-refractivity contribution in [2.24, 2.45) is 0 Å². The highest BCUT2D eigenvalue weighted by atomic mass is 35.5. The third-order valence-corrected chi connectivity index (χ3v) is 5.08. The van der Waals surface area contributed by atoms with Crippen molar-refractivity contribution in [3.05, 3.63) is 23.5 Å². The maximum atomic E-state index is 12.4. The smallest absolute Gasteiger partial charge is 0.247 e. The van der Waals surface area contributed by atoms with Gasteiger partial charge < -0.3 is 0 Å². The Morgan fingerprint density at radius 1 is 1.47 bits per heavy atom. The number of nitrogens with one attached hydrogen (secondary N) is 1. The van der Waals surface area contributed by atoms with E-state index in [4.69, 9.17) is 11.6 Å². The van der Waals surface area contributed by atoms with Gasteiger partial charge in [0.25, 0.3) is 0 Å². The van der Waals surface area contributed by atoms with E-state index in [1.54, 1.807) is 0 Å². The van der Waals surface area contributed by atoms with E-state index < -0.39 is 34.4 Å². The van der Waals surface area contributed by atoms with Crippen molar-refractivity contribution in [1.29, 1.82) is 0 Å². The van der Waals surface area contributed by atoms with Gasteiger partial charge in [-0.3, -0.25) is 19.9 Å². The molecule has 1 fully saturated rings. The summed E-state index contributed by atoms with van der Waals surface area (Å²) in [4.78, 5) is 26.3. The summed E-state index contributed by atoms with van der Waals surface area (Å²) in [5.74, 6) is -1.34. The Hall–Kier alpha value is -1.51. The van der Waals surface area contributed by atoms with Gasteiger partial charge in [-0.1, -0.05) is 11.6 Å². The number of amides is 2. The predicted octanol–water partition coefficient (Wildman–Crippen LogP) is -0.229. The van der Waals surface area contributed by atoms with Crippen LogP contribution in [-0.4, -0.2) is 42.1 Å². The van der Waals surface area contributed by atoms with E-state index in [1.165, 1.54) is 19.2 Å². The zero-order chi connectivity index (χ0) is 14.2. The van der Waals surface area contributed by atoms with Crippen LogP contribution in [0.25, 0.3) is 0 Å². The molecule has 9 heteroatoms. The van der Waals surface area contributed by atoms with E-state index in [9.17, 15) is 18.0 Å². The van der Waals surface area contributed by atoms with Crippen molar-refractivity contribution in [1.82, 2.24) is 14.6 Å². The fourth-order valence-electron chi connectivity index (χ4n) is 1.66. The first-order valence-corrected chi connectivity index (χ1v) is 7.11. The van der Waals surface area contributed by atoms with Crippen molar-refractivity contribution >= 4 is 33.4 Å². The Balaban J connectivity index is 2.47. The predicted molar refractivity (Wildman–Crippen MR) is 65.8 cm³/mol. The number of hydrogen-bond acceptors (Lipinski definition) is 5. The maximum Gasteiger partial charge on any atom is 0.247 e. The Morgan fingerprint density at radius 3 is 2.79 bits per heavy atom. The molecular weight excluding hydrogens is 294 g/mol. The van der Waals surface area contributed by atoms with Crippen LogP contribution >= 0.6 is 11.6 Å². The molecule has 1 aliphatic rings. The van der Waals surface area contributed by atoms with Crippen LogP contribution in [0.15, 0.2) is 23.4 Å². The first kappa shape index (κ1) is 13.9. The van der Waals surface area contributed by atoms with Crippen molar-refractivity contribution in [2.75, 3.05) is 6.54 Å². The second-order valence-corrected chi connectivity index (χ2v) is 6.21. The largest absolute Gasteiger partial charge is 0.294 e. The number of aromatic nitrogens is 1. The van der Waals surface area contributed by atoms with Crippen molar-refractivity contribution in [2.45, 2.75) is 17.9 Å². The summed E-state index contributed by atoms with van der Waals surface area (Å²) < 4.78 is 25.6. The van der Waals surface area contributed by atoms with Crippen LogP contribution in [0.3, 0.4) is 0 Å². The summed E-state index contributed by atoms with van der Waals surface area (Å²) in [6.07, 6.45) is 2.43. The summed E-state index contributed by atoms with van der Waals surface area (Å²) in [5.41, 5.74) is 0. The number of carbonyl (C=O) groups is 2. The molecule has 0 radical (unpaired) electrons. The zero-order valence-corrected chi connectivity index (χ0v) is 11.4. The molecule has 1 saturated heterocycles. The second-order valence-electron chi connectivity index (χ2n) is 3.94. The molecule has 2 heterocycles. The monoisotopic (exact) mass is 303 g/mol. The van der Waals surface area contributed by atoms with Crippen LogP contribution in [0.5, 0.6) is 0 Å². The highest BCUT2D eigenvalue weighted by Gasteiger charge is 2.39. The molecule has 7 nitrogen and oxygen atoms in total. The molecule has 0 aromatic carbocycles. The van der Waals surface area contributed by atoms with Gasteiger partial charge in [0.2, 0.25) is 21.8 Å². The Bertz CT molecular complexity index is 646. The standard InChI is InChI=1S/C10H10ClN3O4S/c1-6-10(16)13-9(15)5-14(6)19(17,18)8-4-12-3-2-7(8)11/h2-4,6H,5H2,1H3,(H,13,15,16). The lowest BCUT2D eigenvalue weighted by Crippen LogP contribution is -2.58. The van der Waals surface area contributed by atoms with Gasteiger partial charge in [-0.2, -0.15) is 4.31 Å². The molecule has 0 saturated carbocycles. The van der Waals surface area contributed by atoms with Crippen molar-refractivity contribution in [3.8, 4) is 0 Å². The summed E-state index contributed by atoms with van der Waals surface area (Å²) in [6.45, 7) is 0.962. The Kier molecular flexibility index (Phi) is 3.57. The first-order valence-electron chi connectivity index (χ1n) is 5.29. The molecule has 1 atom stereocenters. The number of piperazine rings is 1. The van der Waals surface area contributed by atoms with Gasteiger partial charge in [0.15, 0.2) is 0 Å². The van der Waals surface area contributed by atoms with Gasteiger partial charge in [-0.05, 0) is 13.0 Å². The molecule has 1 aromatic heterocycles. The molecule has 2 amide bonds. The molecule has 0 aliphatic carbocycles. The third-order valence-electron chi connectivity index (χ3n) is 2.69. The van der Waals surface area contributed by atoms with Gasteiger partial charge in [-0.15, -0.1) is 0 Å². The van der Waals surface area contributed by atoms with Gasteiger partial charge >= 0.3 is 0 Å². The van der Waals surface area contributed by atoms with Gasteiger partial charge in [0, 0.05) is 12.4 Å². The molecular formula is C10H10ClN3O4S. The molecule has 1 aromatic rings. The normalized spacial score (nSPS) is 21.3. The lowest BCUT2D eigenvalue weighted by molar-refractivity contribution is -0.136. The molecule has 2 rings (SSSR count). The quantitative estimate of drug-likeness (QED) is 0.761. The number of pyridine rings is 1. The number of carbonyl (C=O) groups excluding carboxylic acids is 2. The average molecular weight is 304 g/mol. The number of sulfonamides is 1. The van der Waals surface area contributed by atoms with E-state index in [0.717, 1.165) is 10.5 Å². The number of nitrogens with zero attached hydrogens (tertiary/aromatic N) is 2. The fraction of sp³-hybridized carbons (Fsp3) is 0.300. The van der Waals surface area contributed by atoms with Crippen molar-refractivity contribution < 1.29 is 18.0 Å². The van der Waals surface area contributed by atoms with Crippen LogP contribution in [-0.2, 0) is 19.6 Å². The Labute approximate surface area is 114 Å². The fourth-order valence-corrected chi connectivity index (χ4v) is 3.62. The topological polar surface area (TPSA) is 96.4 Å². The summed E-state index contributed by atoms with van der Waals surface area (Å²) in [6, 6.07) is 0.337. The number of hydrogen-bond donors (Lipinski definition) is 1. The minimum atomic E-state index is -4.05. The van der Waals surface area contributed by atoms with Gasteiger partial charge in [0.1, 0.15) is 10.9 Å². The van der Waals surface area contributed by atoms with E-state index in [2.05, 4.69) is 10.3 Å². The van der Waals surface area contributed by atoms with Crippen molar-refractivity contribution in [3.63, 3.8) is 0 Å². The van der Waals surface area contributed by atoms with Crippen LogP contribution in [0.2, 0.25) is 5.02 Å². The molecule has 0 bridgehead atoms. The third kappa shape index (κ3) is 2.46. The summed E-state index contributed by atoms with van der Waals surface area (Å²) in [7, 11) is -4.05. The summed E-state index contributed by atoms with van der Waals surface area (Å²) >= 11 is 5.82. The molecule has 1 aliphatic heterocycles. The maximum absolute atomic E-state index is 12.4. The molecule has 1 unspecified atom stereocenters. The highest BCUT2D eigenvalue weighted by molar-refractivity contribution is 7.89. The SMILES string of the molecule is CC1C(=O)NC(=O)CN1S(=O)(=O)c1cnccc1Cl. The zero-order valence-electron chi connectivity index (χ0n) is 9.83. The van der Waals surface area contributed by atoms with Gasteiger partial charge in [-0.25, -0.2) is 8.42 Å². The van der Waals surface area contributed by atoms with Gasteiger partial charge in [0.05, 0.1) is 11.6 Å².